The average molecular weight is 558 g/mol. The van der Waals surface area contributed by atoms with Crippen LogP contribution in [-0.2, 0) is 22.3 Å². The highest BCUT2D eigenvalue weighted by molar-refractivity contribution is 7.80. The number of carbonyl (C=O) groups is 2. The van der Waals surface area contributed by atoms with E-state index in [2.05, 4.69) is 5.32 Å². The van der Waals surface area contributed by atoms with Crippen LogP contribution in [0.5, 0.6) is 11.5 Å². The number of alkyl halides is 3. The number of rotatable bonds is 9. The van der Waals surface area contributed by atoms with Crippen molar-refractivity contribution in [1.82, 2.24) is 4.90 Å². The number of hydrogen-bond acceptors (Lipinski definition) is 5. The minimum absolute atomic E-state index is 0.00834. The van der Waals surface area contributed by atoms with Crippen molar-refractivity contribution >= 4 is 40.5 Å². The molecule has 1 heterocycles. The maximum atomic E-state index is 13.6. The summed E-state index contributed by atoms with van der Waals surface area (Å²) in [5, 5.41) is 2.76. The molecule has 0 spiro atoms. The Hall–Kier alpha value is -4.12. The van der Waals surface area contributed by atoms with E-state index >= 15 is 0 Å². The van der Waals surface area contributed by atoms with Gasteiger partial charge in [-0.1, -0.05) is 18.2 Å². The molecule has 7 nitrogen and oxygen atoms in total. The Morgan fingerprint density at radius 2 is 1.69 bits per heavy atom. The van der Waals surface area contributed by atoms with Crippen LogP contribution in [0.4, 0.5) is 24.5 Å². The van der Waals surface area contributed by atoms with E-state index in [1.54, 1.807) is 53.4 Å². The molecule has 1 fully saturated rings. The maximum Gasteiger partial charge on any atom is 0.416 e. The summed E-state index contributed by atoms with van der Waals surface area (Å²) >= 11 is 5.58. The van der Waals surface area contributed by atoms with Crippen LogP contribution in [0.2, 0.25) is 0 Å². The zero-order chi connectivity index (χ0) is 28.2. The number of amides is 2. The fourth-order valence-electron chi connectivity index (χ4n) is 4.19. The zero-order valence-electron chi connectivity index (χ0n) is 21.2. The van der Waals surface area contributed by atoms with E-state index in [0.717, 1.165) is 22.6 Å². The molecule has 1 atom stereocenters. The third-order valence-corrected chi connectivity index (χ3v) is 6.51. The van der Waals surface area contributed by atoms with Crippen molar-refractivity contribution in [2.24, 2.45) is 0 Å². The van der Waals surface area contributed by atoms with Gasteiger partial charge in [-0.2, -0.15) is 13.2 Å². The number of carbonyl (C=O) groups excluding carboxylic acids is 2. The summed E-state index contributed by atoms with van der Waals surface area (Å²) in [6.45, 7) is 2.52. The molecule has 4 rings (SSSR count). The first-order valence-electron chi connectivity index (χ1n) is 12.1. The quantitative estimate of drug-likeness (QED) is 0.343. The molecule has 2 amide bonds. The van der Waals surface area contributed by atoms with Crippen molar-refractivity contribution in [3.63, 3.8) is 0 Å². The van der Waals surface area contributed by atoms with Gasteiger partial charge >= 0.3 is 6.18 Å². The van der Waals surface area contributed by atoms with Crippen LogP contribution in [0.1, 0.15) is 24.5 Å². The molecular weight excluding hydrogens is 531 g/mol. The van der Waals surface area contributed by atoms with E-state index in [1.807, 2.05) is 6.92 Å². The van der Waals surface area contributed by atoms with Crippen molar-refractivity contribution in [2.75, 3.05) is 23.9 Å². The summed E-state index contributed by atoms with van der Waals surface area (Å²) in [5.41, 5.74) is 0.352. The highest BCUT2D eigenvalue weighted by atomic mass is 32.1. The minimum atomic E-state index is -4.60. The lowest BCUT2D eigenvalue weighted by molar-refractivity contribution is -0.137. The Morgan fingerprint density at radius 1 is 1.03 bits per heavy atom. The molecule has 0 bridgehead atoms. The molecule has 3 aromatic carbocycles. The molecule has 204 valence electrons. The van der Waals surface area contributed by atoms with Crippen molar-refractivity contribution in [2.45, 2.75) is 32.1 Å². The second-order valence-corrected chi connectivity index (χ2v) is 9.07. The molecule has 1 saturated heterocycles. The van der Waals surface area contributed by atoms with E-state index in [0.29, 0.717) is 23.8 Å². The number of halogens is 3. The fourth-order valence-corrected chi connectivity index (χ4v) is 4.58. The van der Waals surface area contributed by atoms with Crippen LogP contribution in [0.15, 0.2) is 72.8 Å². The van der Waals surface area contributed by atoms with Crippen molar-refractivity contribution in [3.05, 3.63) is 83.9 Å². The molecule has 0 aliphatic carbocycles. The number of benzene rings is 3. The summed E-state index contributed by atoms with van der Waals surface area (Å²) in [5.74, 6) is 0.241. The molecule has 39 heavy (non-hydrogen) atoms. The van der Waals surface area contributed by atoms with E-state index in [1.165, 1.54) is 19.2 Å². The van der Waals surface area contributed by atoms with Gasteiger partial charge in [0.1, 0.15) is 17.5 Å². The second-order valence-electron chi connectivity index (χ2n) is 8.71. The fraction of sp³-hybridized carbons (Fsp3) is 0.250. The van der Waals surface area contributed by atoms with Gasteiger partial charge in [-0.15, -0.1) is 0 Å². The minimum Gasteiger partial charge on any atom is -0.497 e. The van der Waals surface area contributed by atoms with Gasteiger partial charge in [-0.25, -0.2) is 0 Å². The van der Waals surface area contributed by atoms with E-state index in [9.17, 15) is 22.8 Å². The molecule has 11 heteroatoms. The molecule has 3 aromatic rings. The third-order valence-electron chi connectivity index (χ3n) is 6.09. The van der Waals surface area contributed by atoms with Gasteiger partial charge in [0.25, 0.3) is 5.91 Å². The molecule has 0 aromatic heterocycles. The normalized spacial score (nSPS) is 15.5. The van der Waals surface area contributed by atoms with E-state index in [-0.39, 0.29) is 23.8 Å². The predicted molar refractivity (Wildman–Crippen MR) is 145 cm³/mol. The lowest BCUT2D eigenvalue weighted by Crippen LogP contribution is -2.37. The first-order chi connectivity index (χ1) is 18.6. The molecule has 0 radical (unpaired) electrons. The lowest BCUT2D eigenvalue weighted by atomic mass is 10.1. The largest absolute Gasteiger partial charge is 0.497 e. The van der Waals surface area contributed by atoms with E-state index in [4.69, 9.17) is 21.7 Å². The first-order valence-corrected chi connectivity index (χ1v) is 12.5. The number of thiocarbonyl (C=S) groups is 1. The van der Waals surface area contributed by atoms with Crippen LogP contribution in [-0.4, -0.2) is 41.6 Å². The maximum absolute atomic E-state index is 13.6. The average Bonchev–Trinajstić information content (AvgIpc) is 3.13. The Morgan fingerprint density at radius 3 is 2.31 bits per heavy atom. The van der Waals surface area contributed by atoms with Crippen LogP contribution in [0, 0.1) is 0 Å². The highest BCUT2D eigenvalue weighted by Crippen LogP contribution is 2.34. The van der Waals surface area contributed by atoms with E-state index < -0.39 is 29.6 Å². The Kier molecular flexibility index (Phi) is 8.39. The molecular formula is C28H26F3N3O4S. The first kappa shape index (κ1) is 27.9. The summed E-state index contributed by atoms with van der Waals surface area (Å²) in [7, 11) is 1.54. The number of hydrogen-bond donors (Lipinski definition) is 1. The molecule has 1 N–H and O–H groups in total. The van der Waals surface area contributed by atoms with Gasteiger partial charge in [-0.3, -0.25) is 14.5 Å². The van der Waals surface area contributed by atoms with Gasteiger partial charge in [0.15, 0.2) is 5.11 Å². The molecule has 1 aliphatic rings. The number of methoxy groups -OCH3 is 1. The van der Waals surface area contributed by atoms with Crippen LogP contribution in [0.25, 0.3) is 0 Å². The summed E-state index contributed by atoms with van der Waals surface area (Å²) < 4.78 is 50.7. The van der Waals surface area contributed by atoms with Gasteiger partial charge in [0.05, 0.1) is 31.4 Å². The van der Waals surface area contributed by atoms with Gasteiger partial charge < -0.3 is 19.7 Å². The van der Waals surface area contributed by atoms with Crippen molar-refractivity contribution in [3.8, 4) is 11.5 Å². The Balaban J connectivity index is 1.60. The predicted octanol–water partition coefficient (Wildman–Crippen LogP) is 5.64. The molecule has 1 aliphatic heterocycles. The number of ether oxygens (including phenoxy) is 2. The third kappa shape index (κ3) is 6.48. The summed E-state index contributed by atoms with van der Waals surface area (Å²) in [6, 6.07) is 17.2. The molecule has 0 saturated carbocycles. The van der Waals surface area contributed by atoms with Crippen LogP contribution >= 0.6 is 12.2 Å². The standard InChI is InChI=1S/C28H26F3N3O4S/c1-3-38-23-13-9-20(10-14-23)32-25(35)16-24-26(36)34(21-6-4-5-19(15-21)28(29,30)31)27(39)33(24)17-18-7-11-22(37-2)12-8-18/h4-15,24H,3,16-17H2,1-2H3,(H,32,35). The number of anilines is 2. The topological polar surface area (TPSA) is 71.1 Å². The number of nitrogens with one attached hydrogen (secondary N) is 1. The summed E-state index contributed by atoms with van der Waals surface area (Å²) in [4.78, 5) is 29.2. The lowest BCUT2D eigenvalue weighted by Gasteiger charge is -2.24. The van der Waals surface area contributed by atoms with Crippen LogP contribution in [0.3, 0.4) is 0 Å². The Labute approximate surface area is 229 Å². The zero-order valence-corrected chi connectivity index (χ0v) is 22.0. The Bertz CT molecular complexity index is 1350. The van der Waals surface area contributed by atoms with Gasteiger partial charge in [0.2, 0.25) is 5.91 Å². The van der Waals surface area contributed by atoms with Crippen LogP contribution < -0.4 is 19.7 Å². The van der Waals surface area contributed by atoms with Crippen molar-refractivity contribution < 1.29 is 32.2 Å². The van der Waals surface area contributed by atoms with Gasteiger partial charge in [0, 0.05) is 12.2 Å². The highest BCUT2D eigenvalue weighted by Gasteiger charge is 2.44. The summed E-state index contributed by atoms with van der Waals surface area (Å²) in [6.07, 6.45) is -4.86. The van der Waals surface area contributed by atoms with Crippen molar-refractivity contribution in [1.29, 1.82) is 0 Å². The SMILES string of the molecule is CCOc1ccc(NC(=O)CC2C(=O)N(c3cccc(C(F)(F)F)c3)C(=S)N2Cc2ccc(OC)cc2)cc1. The molecule has 1 unspecified atom stereocenters. The number of nitrogens with zero attached hydrogens (tertiary/aromatic N) is 2. The smallest absolute Gasteiger partial charge is 0.416 e. The second kappa shape index (κ2) is 11.7. The monoisotopic (exact) mass is 557 g/mol. The van der Waals surface area contributed by atoms with Gasteiger partial charge in [-0.05, 0) is 79.3 Å².